The second kappa shape index (κ2) is 9.92. The van der Waals surface area contributed by atoms with E-state index in [0.717, 1.165) is 6.42 Å². The predicted molar refractivity (Wildman–Crippen MR) is 94.3 cm³/mol. The zero-order valence-electron chi connectivity index (χ0n) is 13.3. The largest absolute Gasteiger partial charge is 0.495 e. The van der Waals surface area contributed by atoms with E-state index in [1.165, 1.54) is 0 Å². The topological polar surface area (TPSA) is 73.6 Å². The molecule has 0 fully saturated rings. The molecule has 0 aliphatic carbocycles. The Hall–Kier alpha value is -0.980. The van der Waals surface area contributed by atoms with Crippen LogP contribution in [0.15, 0.2) is 16.6 Å². The van der Waals surface area contributed by atoms with Crippen molar-refractivity contribution in [1.29, 1.82) is 0 Å². The van der Waals surface area contributed by atoms with E-state index in [2.05, 4.69) is 35.1 Å². The molecule has 0 saturated carbocycles. The fraction of sp³-hybridized carbons (Fsp3) is 0.533. The lowest BCUT2D eigenvalue weighted by molar-refractivity contribution is 0.0933. The summed E-state index contributed by atoms with van der Waals surface area (Å²) in [6.45, 7) is 4.61. The standard InChI is InChI=1S/C15H23BrN2O3.ClH/c1-9(2)5-11(8-17)18-15(19)10-6-12(20-3)14(16)13(7-10)21-4;/h6-7,9,11H,5,8,17H2,1-4H3,(H,18,19);1H. The number of carbonyl (C=O) groups excluding carboxylic acids is 1. The molecule has 0 aliphatic heterocycles. The Balaban J connectivity index is 0.00000441. The maximum absolute atomic E-state index is 12.3. The summed E-state index contributed by atoms with van der Waals surface area (Å²) in [5, 5.41) is 2.95. The second-order valence-electron chi connectivity index (χ2n) is 5.23. The summed E-state index contributed by atoms with van der Waals surface area (Å²) < 4.78 is 11.2. The van der Waals surface area contributed by atoms with Crippen LogP contribution in [0.1, 0.15) is 30.6 Å². The third-order valence-corrected chi connectivity index (χ3v) is 3.87. The summed E-state index contributed by atoms with van der Waals surface area (Å²) in [6, 6.07) is 3.30. The van der Waals surface area contributed by atoms with Crippen LogP contribution in [-0.2, 0) is 0 Å². The molecular weight excluding hydrogens is 372 g/mol. The highest BCUT2D eigenvalue weighted by molar-refractivity contribution is 9.10. The number of nitrogens with two attached hydrogens (primary N) is 1. The maximum Gasteiger partial charge on any atom is 0.251 e. The van der Waals surface area contributed by atoms with E-state index in [4.69, 9.17) is 15.2 Å². The molecule has 0 saturated heterocycles. The zero-order chi connectivity index (χ0) is 16.0. The molecular formula is C15H24BrClN2O3. The number of nitrogens with one attached hydrogen (secondary N) is 1. The van der Waals surface area contributed by atoms with E-state index in [1.54, 1.807) is 26.4 Å². The zero-order valence-corrected chi connectivity index (χ0v) is 15.7. The van der Waals surface area contributed by atoms with Gasteiger partial charge in [0.05, 0.1) is 14.2 Å². The van der Waals surface area contributed by atoms with Crippen LogP contribution in [-0.4, -0.2) is 32.7 Å². The van der Waals surface area contributed by atoms with Crippen molar-refractivity contribution >= 4 is 34.2 Å². The van der Waals surface area contributed by atoms with Gasteiger partial charge in [-0.25, -0.2) is 0 Å². The Labute approximate surface area is 146 Å². The van der Waals surface area contributed by atoms with Gasteiger partial charge in [-0.15, -0.1) is 12.4 Å². The maximum atomic E-state index is 12.3. The molecule has 5 nitrogen and oxygen atoms in total. The van der Waals surface area contributed by atoms with Gasteiger partial charge in [0.15, 0.2) is 0 Å². The molecule has 0 aromatic heterocycles. The molecule has 0 bridgehead atoms. The average molecular weight is 396 g/mol. The molecule has 1 amide bonds. The Kier molecular flexibility index (Phi) is 9.48. The number of halogens is 2. The molecule has 7 heteroatoms. The molecule has 0 heterocycles. The molecule has 1 unspecified atom stereocenters. The van der Waals surface area contributed by atoms with Crippen LogP contribution in [0.4, 0.5) is 0 Å². The van der Waals surface area contributed by atoms with Crippen molar-refractivity contribution in [3.8, 4) is 11.5 Å². The number of hydrogen-bond donors (Lipinski definition) is 2. The molecule has 1 rings (SSSR count). The van der Waals surface area contributed by atoms with Gasteiger partial charge in [-0.1, -0.05) is 13.8 Å². The van der Waals surface area contributed by atoms with Crippen molar-refractivity contribution in [2.75, 3.05) is 20.8 Å². The highest BCUT2D eigenvalue weighted by atomic mass is 79.9. The van der Waals surface area contributed by atoms with Crippen molar-refractivity contribution in [3.05, 3.63) is 22.2 Å². The molecule has 22 heavy (non-hydrogen) atoms. The van der Waals surface area contributed by atoms with E-state index >= 15 is 0 Å². The van der Waals surface area contributed by atoms with Crippen LogP contribution in [0.25, 0.3) is 0 Å². The van der Waals surface area contributed by atoms with Gasteiger partial charge in [0, 0.05) is 18.2 Å². The van der Waals surface area contributed by atoms with Crippen molar-refractivity contribution in [2.45, 2.75) is 26.3 Å². The Morgan fingerprint density at radius 3 is 2.14 bits per heavy atom. The average Bonchev–Trinajstić information content (AvgIpc) is 2.46. The molecule has 1 aromatic rings. The molecule has 0 radical (unpaired) electrons. The number of ether oxygens (including phenoxy) is 2. The molecule has 0 spiro atoms. The summed E-state index contributed by atoms with van der Waals surface area (Å²) in [4.78, 5) is 12.3. The van der Waals surface area contributed by atoms with Crippen LogP contribution >= 0.6 is 28.3 Å². The first kappa shape index (κ1) is 21.0. The van der Waals surface area contributed by atoms with Crippen molar-refractivity contribution < 1.29 is 14.3 Å². The van der Waals surface area contributed by atoms with Crippen LogP contribution < -0.4 is 20.5 Å². The first-order chi connectivity index (χ1) is 9.92. The summed E-state index contributed by atoms with van der Waals surface area (Å²) in [5.74, 6) is 1.38. The second-order valence-corrected chi connectivity index (χ2v) is 6.02. The molecule has 1 atom stereocenters. The monoisotopic (exact) mass is 394 g/mol. The van der Waals surface area contributed by atoms with E-state index in [0.29, 0.717) is 34.0 Å². The third-order valence-electron chi connectivity index (χ3n) is 3.08. The van der Waals surface area contributed by atoms with Gasteiger partial charge < -0.3 is 20.5 Å². The third kappa shape index (κ3) is 5.66. The van der Waals surface area contributed by atoms with Gasteiger partial charge in [0.1, 0.15) is 16.0 Å². The van der Waals surface area contributed by atoms with Gasteiger partial charge in [-0.3, -0.25) is 4.79 Å². The van der Waals surface area contributed by atoms with Gasteiger partial charge in [-0.05, 0) is 40.4 Å². The molecule has 126 valence electrons. The van der Waals surface area contributed by atoms with E-state index in [9.17, 15) is 4.79 Å². The SMILES string of the molecule is COc1cc(C(=O)NC(CN)CC(C)C)cc(OC)c1Br.Cl. The van der Waals surface area contributed by atoms with Crippen LogP contribution in [0.2, 0.25) is 0 Å². The highest BCUT2D eigenvalue weighted by Crippen LogP contribution is 2.35. The van der Waals surface area contributed by atoms with Crippen molar-refractivity contribution in [1.82, 2.24) is 5.32 Å². The number of rotatable bonds is 7. The van der Waals surface area contributed by atoms with E-state index in [-0.39, 0.29) is 24.4 Å². The quantitative estimate of drug-likeness (QED) is 0.744. The van der Waals surface area contributed by atoms with Crippen LogP contribution in [0.5, 0.6) is 11.5 Å². The number of hydrogen-bond acceptors (Lipinski definition) is 4. The van der Waals surface area contributed by atoms with Gasteiger partial charge in [0.2, 0.25) is 0 Å². The number of carbonyl (C=O) groups is 1. The van der Waals surface area contributed by atoms with E-state index in [1.807, 2.05) is 0 Å². The highest BCUT2D eigenvalue weighted by Gasteiger charge is 2.17. The minimum atomic E-state index is -0.185. The lowest BCUT2D eigenvalue weighted by Gasteiger charge is -2.19. The predicted octanol–water partition coefficient (Wildman–Crippen LogP) is 2.99. The number of methoxy groups -OCH3 is 2. The van der Waals surface area contributed by atoms with E-state index < -0.39 is 0 Å². The number of amides is 1. The lowest BCUT2D eigenvalue weighted by Crippen LogP contribution is -2.41. The van der Waals surface area contributed by atoms with Crippen molar-refractivity contribution in [3.63, 3.8) is 0 Å². The molecule has 0 aliphatic rings. The first-order valence-corrected chi connectivity index (χ1v) is 7.64. The smallest absolute Gasteiger partial charge is 0.251 e. The fourth-order valence-electron chi connectivity index (χ4n) is 2.05. The summed E-state index contributed by atoms with van der Waals surface area (Å²) >= 11 is 3.38. The summed E-state index contributed by atoms with van der Waals surface area (Å²) in [7, 11) is 3.09. The summed E-state index contributed by atoms with van der Waals surface area (Å²) in [6.07, 6.45) is 0.840. The normalized spacial score (nSPS) is 11.6. The van der Waals surface area contributed by atoms with Gasteiger partial charge >= 0.3 is 0 Å². The summed E-state index contributed by atoms with van der Waals surface area (Å²) in [5.41, 5.74) is 6.19. The van der Waals surface area contributed by atoms with Gasteiger partial charge in [-0.2, -0.15) is 0 Å². The molecule has 3 N–H and O–H groups in total. The first-order valence-electron chi connectivity index (χ1n) is 6.85. The number of benzene rings is 1. The fourth-order valence-corrected chi connectivity index (χ4v) is 2.60. The Bertz CT molecular complexity index is 473. The van der Waals surface area contributed by atoms with Crippen LogP contribution in [0, 0.1) is 5.92 Å². The minimum Gasteiger partial charge on any atom is -0.495 e. The Morgan fingerprint density at radius 2 is 1.77 bits per heavy atom. The van der Waals surface area contributed by atoms with Crippen molar-refractivity contribution in [2.24, 2.45) is 11.7 Å². The van der Waals surface area contributed by atoms with Gasteiger partial charge in [0.25, 0.3) is 5.91 Å². The Morgan fingerprint density at radius 1 is 1.27 bits per heavy atom. The van der Waals surface area contributed by atoms with Crippen LogP contribution in [0.3, 0.4) is 0 Å². The molecule has 1 aromatic carbocycles. The minimum absolute atomic E-state index is 0. The lowest BCUT2D eigenvalue weighted by atomic mass is 10.0.